The van der Waals surface area contributed by atoms with E-state index in [9.17, 15) is 9.59 Å². The molecule has 0 bridgehead atoms. The van der Waals surface area contributed by atoms with Crippen LogP contribution in [0.3, 0.4) is 0 Å². The number of carbonyl (C=O) groups is 2. The average molecular weight is 221 g/mol. The van der Waals surface area contributed by atoms with E-state index in [1.54, 1.807) is 29.0 Å². The standard InChI is InChI=1S/C11H15N3O2/c1-8-6-14(4-3-10(8)15)11(16)9-5-12-13(2)7-9/h5,7-8H,3-4,6H2,1-2H3. The molecule has 0 spiro atoms. The Kier molecular flexibility index (Phi) is 2.77. The first-order valence-corrected chi connectivity index (χ1v) is 5.38. The molecule has 5 nitrogen and oxygen atoms in total. The van der Waals surface area contributed by atoms with Crippen LogP contribution in [0, 0.1) is 5.92 Å². The smallest absolute Gasteiger partial charge is 0.257 e. The lowest BCUT2D eigenvalue weighted by Gasteiger charge is -2.29. The molecule has 2 rings (SSSR count). The molecule has 1 aromatic rings. The molecule has 1 aliphatic heterocycles. The number of ketones is 1. The molecule has 5 heteroatoms. The highest BCUT2D eigenvalue weighted by Crippen LogP contribution is 2.14. The van der Waals surface area contributed by atoms with Gasteiger partial charge in [-0.3, -0.25) is 14.3 Å². The molecule has 1 saturated heterocycles. The van der Waals surface area contributed by atoms with Crippen LogP contribution in [0.2, 0.25) is 0 Å². The molecule has 16 heavy (non-hydrogen) atoms. The number of hydrogen-bond acceptors (Lipinski definition) is 3. The maximum atomic E-state index is 12.0. The summed E-state index contributed by atoms with van der Waals surface area (Å²) in [7, 11) is 1.78. The molecule has 1 atom stereocenters. The molecule has 86 valence electrons. The number of Topliss-reactive ketones (excluding diaryl/α,β-unsaturated/α-hetero) is 1. The lowest BCUT2D eigenvalue weighted by Crippen LogP contribution is -2.43. The highest BCUT2D eigenvalue weighted by Gasteiger charge is 2.27. The van der Waals surface area contributed by atoms with Gasteiger partial charge in [-0.15, -0.1) is 0 Å². The second kappa shape index (κ2) is 4.08. The Bertz CT molecular complexity index is 425. The van der Waals surface area contributed by atoms with Crippen LogP contribution in [0.25, 0.3) is 0 Å². The predicted molar refractivity (Wildman–Crippen MR) is 57.9 cm³/mol. The van der Waals surface area contributed by atoms with E-state index in [1.165, 1.54) is 0 Å². The van der Waals surface area contributed by atoms with E-state index in [4.69, 9.17) is 0 Å². The number of nitrogens with zero attached hydrogens (tertiary/aromatic N) is 3. The molecule has 1 aromatic heterocycles. The fourth-order valence-corrected chi connectivity index (χ4v) is 1.91. The van der Waals surface area contributed by atoms with Crippen molar-refractivity contribution in [1.82, 2.24) is 14.7 Å². The lowest BCUT2D eigenvalue weighted by molar-refractivity contribution is -0.124. The monoisotopic (exact) mass is 221 g/mol. The van der Waals surface area contributed by atoms with Crippen LogP contribution in [0.1, 0.15) is 23.7 Å². The van der Waals surface area contributed by atoms with Gasteiger partial charge in [0.25, 0.3) is 5.91 Å². The number of rotatable bonds is 1. The zero-order valence-electron chi connectivity index (χ0n) is 9.51. The zero-order valence-corrected chi connectivity index (χ0v) is 9.51. The zero-order chi connectivity index (χ0) is 11.7. The van der Waals surface area contributed by atoms with Gasteiger partial charge >= 0.3 is 0 Å². The molecule has 0 N–H and O–H groups in total. The van der Waals surface area contributed by atoms with Gasteiger partial charge in [0.1, 0.15) is 5.78 Å². The summed E-state index contributed by atoms with van der Waals surface area (Å²) in [5, 5.41) is 3.97. The first-order chi connectivity index (χ1) is 7.58. The number of likely N-dealkylation sites (tertiary alicyclic amines) is 1. The molecule has 1 aliphatic rings. The maximum Gasteiger partial charge on any atom is 0.257 e. The lowest BCUT2D eigenvalue weighted by atomic mass is 9.98. The third-order valence-corrected chi connectivity index (χ3v) is 2.91. The fourth-order valence-electron chi connectivity index (χ4n) is 1.91. The number of aryl methyl sites for hydroxylation is 1. The topological polar surface area (TPSA) is 55.2 Å². The average Bonchev–Trinajstić information content (AvgIpc) is 2.68. The van der Waals surface area contributed by atoms with Crippen LogP contribution in [0.15, 0.2) is 12.4 Å². The molecule has 0 saturated carbocycles. The minimum absolute atomic E-state index is 0.0348. The second-order valence-electron chi connectivity index (χ2n) is 4.27. The Morgan fingerprint density at radius 3 is 2.88 bits per heavy atom. The molecule has 0 aliphatic carbocycles. The number of aromatic nitrogens is 2. The molecular weight excluding hydrogens is 206 g/mol. The highest BCUT2D eigenvalue weighted by molar-refractivity contribution is 5.95. The number of amides is 1. The Balaban J connectivity index is 2.08. The van der Waals surface area contributed by atoms with Crippen molar-refractivity contribution >= 4 is 11.7 Å². The van der Waals surface area contributed by atoms with E-state index >= 15 is 0 Å². The van der Waals surface area contributed by atoms with Gasteiger partial charge in [-0.1, -0.05) is 6.92 Å². The van der Waals surface area contributed by atoms with Gasteiger partial charge in [0, 0.05) is 38.7 Å². The summed E-state index contributed by atoms with van der Waals surface area (Å²) in [6.07, 6.45) is 3.72. The molecule has 1 amide bonds. The third-order valence-electron chi connectivity index (χ3n) is 2.91. The second-order valence-corrected chi connectivity index (χ2v) is 4.27. The van der Waals surface area contributed by atoms with Crippen LogP contribution in [0.4, 0.5) is 0 Å². The van der Waals surface area contributed by atoms with Gasteiger partial charge in [0.15, 0.2) is 0 Å². The Labute approximate surface area is 94.0 Å². The van der Waals surface area contributed by atoms with E-state index in [-0.39, 0.29) is 17.6 Å². The van der Waals surface area contributed by atoms with Crippen LogP contribution in [0.5, 0.6) is 0 Å². The van der Waals surface area contributed by atoms with E-state index in [0.717, 1.165) is 0 Å². The van der Waals surface area contributed by atoms with E-state index in [1.807, 2.05) is 6.92 Å². The summed E-state index contributed by atoms with van der Waals surface area (Å²) in [6.45, 7) is 2.91. The summed E-state index contributed by atoms with van der Waals surface area (Å²) < 4.78 is 1.60. The number of carbonyl (C=O) groups excluding carboxylic acids is 2. The first-order valence-electron chi connectivity index (χ1n) is 5.38. The summed E-state index contributed by atoms with van der Waals surface area (Å²) in [5.74, 6) is 0.164. The van der Waals surface area contributed by atoms with Crippen LogP contribution in [-0.4, -0.2) is 39.5 Å². The van der Waals surface area contributed by atoms with Crippen molar-refractivity contribution in [3.05, 3.63) is 18.0 Å². The van der Waals surface area contributed by atoms with E-state index in [0.29, 0.717) is 25.1 Å². The molecule has 1 unspecified atom stereocenters. The van der Waals surface area contributed by atoms with Gasteiger partial charge in [0.2, 0.25) is 0 Å². The van der Waals surface area contributed by atoms with Gasteiger partial charge < -0.3 is 4.90 Å². The van der Waals surface area contributed by atoms with Crippen molar-refractivity contribution in [2.45, 2.75) is 13.3 Å². The Hall–Kier alpha value is -1.65. The largest absolute Gasteiger partial charge is 0.337 e. The van der Waals surface area contributed by atoms with Gasteiger partial charge in [-0.05, 0) is 0 Å². The van der Waals surface area contributed by atoms with Crippen LogP contribution in [-0.2, 0) is 11.8 Å². The minimum Gasteiger partial charge on any atom is -0.337 e. The van der Waals surface area contributed by atoms with Gasteiger partial charge in [0.05, 0.1) is 11.8 Å². The molecular formula is C11H15N3O2. The summed E-state index contributed by atoms with van der Waals surface area (Å²) in [4.78, 5) is 25.1. The van der Waals surface area contributed by atoms with Gasteiger partial charge in [-0.25, -0.2) is 0 Å². The van der Waals surface area contributed by atoms with Crippen molar-refractivity contribution in [2.24, 2.45) is 13.0 Å². The molecule has 0 radical (unpaired) electrons. The normalized spacial score (nSPS) is 21.2. The highest BCUT2D eigenvalue weighted by atomic mass is 16.2. The van der Waals surface area contributed by atoms with E-state index in [2.05, 4.69) is 5.10 Å². The quantitative estimate of drug-likeness (QED) is 0.692. The molecule has 1 fully saturated rings. The van der Waals surface area contributed by atoms with Crippen molar-refractivity contribution in [2.75, 3.05) is 13.1 Å². The number of piperidine rings is 1. The Morgan fingerprint density at radius 2 is 2.31 bits per heavy atom. The third kappa shape index (κ3) is 1.98. The SMILES string of the molecule is CC1CN(C(=O)c2cnn(C)c2)CCC1=O. The van der Waals surface area contributed by atoms with Crippen molar-refractivity contribution < 1.29 is 9.59 Å². The molecule has 0 aromatic carbocycles. The Morgan fingerprint density at radius 1 is 1.56 bits per heavy atom. The van der Waals surface area contributed by atoms with Crippen molar-refractivity contribution in [3.8, 4) is 0 Å². The van der Waals surface area contributed by atoms with Gasteiger partial charge in [-0.2, -0.15) is 5.10 Å². The summed E-state index contributed by atoms with van der Waals surface area (Å²) >= 11 is 0. The van der Waals surface area contributed by atoms with E-state index < -0.39 is 0 Å². The van der Waals surface area contributed by atoms with Crippen molar-refractivity contribution in [1.29, 1.82) is 0 Å². The summed E-state index contributed by atoms with van der Waals surface area (Å²) in [6, 6.07) is 0. The van der Waals surface area contributed by atoms with Crippen LogP contribution >= 0.6 is 0 Å². The fraction of sp³-hybridized carbons (Fsp3) is 0.545. The predicted octanol–water partition coefficient (Wildman–Crippen LogP) is 0.471. The van der Waals surface area contributed by atoms with Crippen LogP contribution < -0.4 is 0 Å². The number of hydrogen-bond donors (Lipinski definition) is 0. The maximum absolute atomic E-state index is 12.0. The molecule has 2 heterocycles. The van der Waals surface area contributed by atoms with Crippen molar-refractivity contribution in [3.63, 3.8) is 0 Å². The minimum atomic E-state index is -0.0469. The first kappa shape index (κ1) is 10.9. The summed E-state index contributed by atoms with van der Waals surface area (Å²) in [5.41, 5.74) is 0.587.